The van der Waals surface area contributed by atoms with E-state index in [0.717, 1.165) is 43.5 Å². The number of urea groups is 1. The SMILES string of the molecule is Cc1c(CC[C@@H](C)N2CCC(N(Cc3ccsc3)C(=O)NCC(N)=O)CC2)c(Cl)nc(Cl)c1C(N)=O. The summed E-state index contributed by atoms with van der Waals surface area (Å²) in [5.41, 5.74) is 13.4. The van der Waals surface area contributed by atoms with Crippen molar-refractivity contribution in [1.29, 1.82) is 0 Å². The average molecular weight is 556 g/mol. The van der Waals surface area contributed by atoms with Gasteiger partial charge in [-0.2, -0.15) is 11.3 Å². The molecule has 2 aromatic heterocycles. The van der Waals surface area contributed by atoms with Crippen LogP contribution in [-0.4, -0.2) is 64.3 Å². The van der Waals surface area contributed by atoms with Gasteiger partial charge < -0.3 is 26.6 Å². The van der Waals surface area contributed by atoms with E-state index in [1.165, 1.54) is 0 Å². The third kappa shape index (κ3) is 7.09. The minimum atomic E-state index is -0.620. The molecule has 0 bridgehead atoms. The molecule has 0 spiro atoms. The summed E-state index contributed by atoms with van der Waals surface area (Å²) in [4.78, 5) is 44.1. The van der Waals surface area contributed by atoms with Gasteiger partial charge in [0.1, 0.15) is 10.3 Å². The van der Waals surface area contributed by atoms with Gasteiger partial charge in [0, 0.05) is 31.7 Å². The summed E-state index contributed by atoms with van der Waals surface area (Å²) < 4.78 is 0. The fourth-order valence-corrected chi connectivity index (χ4v) is 5.97. The van der Waals surface area contributed by atoms with Gasteiger partial charge in [0.05, 0.1) is 12.1 Å². The molecular formula is C24H32Cl2N6O3S. The molecule has 0 radical (unpaired) electrons. The highest BCUT2D eigenvalue weighted by atomic mass is 35.5. The number of rotatable bonds is 10. The molecular weight excluding hydrogens is 523 g/mol. The lowest BCUT2D eigenvalue weighted by Crippen LogP contribution is -2.52. The second-order valence-corrected chi connectivity index (χ2v) is 10.6. The van der Waals surface area contributed by atoms with Gasteiger partial charge in [-0.3, -0.25) is 9.59 Å². The first-order chi connectivity index (χ1) is 17.1. The summed E-state index contributed by atoms with van der Waals surface area (Å²) in [7, 11) is 0. The van der Waals surface area contributed by atoms with Gasteiger partial charge in [0.25, 0.3) is 5.91 Å². The van der Waals surface area contributed by atoms with Crippen molar-refractivity contribution in [2.75, 3.05) is 19.6 Å². The first kappa shape index (κ1) is 28.2. The van der Waals surface area contributed by atoms with Crippen molar-refractivity contribution < 1.29 is 14.4 Å². The molecule has 1 atom stereocenters. The smallest absolute Gasteiger partial charge is 0.318 e. The number of piperidine rings is 1. The van der Waals surface area contributed by atoms with E-state index in [2.05, 4.69) is 22.1 Å². The second kappa shape index (κ2) is 12.7. The topological polar surface area (TPSA) is 135 Å². The Balaban J connectivity index is 1.60. The van der Waals surface area contributed by atoms with Crippen LogP contribution in [0.3, 0.4) is 0 Å². The van der Waals surface area contributed by atoms with Crippen LogP contribution in [0.1, 0.15) is 53.2 Å². The van der Waals surface area contributed by atoms with Crippen LogP contribution in [-0.2, 0) is 17.8 Å². The molecule has 2 aromatic rings. The molecule has 5 N–H and O–H groups in total. The van der Waals surface area contributed by atoms with Gasteiger partial charge in [-0.05, 0) is 73.0 Å². The molecule has 36 heavy (non-hydrogen) atoms. The second-order valence-electron chi connectivity index (χ2n) is 9.08. The van der Waals surface area contributed by atoms with E-state index >= 15 is 0 Å². The van der Waals surface area contributed by atoms with Crippen LogP contribution in [0.2, 0.25) is 10.3 Å². The number of amides is 4. The minimum Gasteiger partial charge on any atom is -0.368 e. The Labute approximate surface area is 225 Å². The van der Waals surface area contributed by atoms with Gasteiger partial charge in [0.2, 0.25) is 5.91 Å². The predicted molar refractivity (Wildman–Crippen MR) is 142 cm³/mol. The van der Waals surface area contributed by atoms with Crippen LogP contribution < -0.4 is 16.8 Å². The molecule has 1 aliphatic rings. The van der Waals surface area contributed by atoms with Crippen molar-refractivity contribution in [3.05, 3.63) is 49.4 Å². The van der Waals surface area contributed by atoms with E-state index in [1.807, 2.05) is 16.8 Å². The Kier molecular flexibility index (Phi) is 9.95. The molecule has 0 unspecified atom stereocenters. The zero-order valence-electron chi connectivity index (χ0n) is 20.4. The van der Waals surface area contributed by atoms with E-state index in [-0.39, 0.29) is 35.4 Å². The third-order valence-corrected chi connectivity index (χ3v) is 8.03. The zero-order valence-corrected chi connectivity index (χ0v) is 22.8. The molecule has 0 saturated carbocycles. The summed E-state index contributed by atoms with van der Waals surface area (Å²) >= 11 is 14.0. The number of nitrogens with one attached hydrogen (secondary N) is 1. The highest BCUT2D eigenvalue weighted by Gasteiger charge is 2.30. The number of carbonyl (C=O) groups excluding carboxylic acids is 3. The van der Waals surface area contributed by atoms with Crippen molar-refractivity contribution in [2.24, 2.45) is 11.5 Å². The van der Waals surface area contributed by atoms with Crippen LogP contribution in [0, 0.1) is 6.92 Å². The lowest BCUT2D eigenvalue weighted by atomic mass is 9.97. The fraction of sp³-hybridized carbons (Fsp3) is 0.500. The Bertz CT molecular complexity index is 1090. The summed E-state index contributed by atoms with van der Waals surface area (Å²) in [6.45, 7) is 5.90. The highest BCUT2D eigenvalue weighted by molar-refractivity contribution is 7.07. The van der Waals surface area contributed by atoms with E-state index in [0.29, 0.717) is 23.7 Å². The lowest BCUT2D eigenvalue weighted by Gasteiger charge is -2.40. The Hall–Kier alpha value is -2.40. The fourth-order valence-electron chi connectivity index (χ4n) is 4.63. The number of carbonyl (C=O) groups is 3. The molecule has 3 heterocycles. The number of nitrogens with zero attached hydrogens (tertiary/aromatic N) is 3. The average Bonchev–Trinajstić information content (AvgIpc) is 3.33. The molecule has 1 fully saturated rings. The van der Waals surface area contributed by atoms with Crippen molar-refractivity contribution in [3.63, 3.8) is 0 Å². The summed E-state index contributed by atoms with van der Waals surface area (Å²) in [5, 5.41) is 6.95. The van der Waals surface area contributed by atoms with Crippen LogP contribution in [0.25, 0.3) is 0 Å². The van der Waals surface area contributed by atoms with Crippen LogP contribution in [0.5, 0.6) is 0 Å². The van der Waals surface area contributed by atoms with Gasteiger partial charge in [-0.15, -0.1) is 0 Å². The molecule has 3 rings (SSSR count). The largest absolute Gasteiger partial charge is 0.368 e. The van der Waals surface area contributed by atoms with E-state index in [9.17, 15) is 14.4 Å². The zero-order chi connectivity index (χ0) is 26.4. The Morgan fingerprint density at radius 2 is 1.94 bits per heavy atom. The molecule has 0 aliphatic carbocycles. The van der Waals surface area contributed by atoms with E-state index in [1.54, 1.807) is 23.2 Å². The van der Waals surface area contributed by atoms with Gasteiger partial charge in [-0.1, -0.05) is 23.2 Å². The number of halogens is 2. The minimum absolute atomic E-state index is 0.0238. The summed E-state index contributed by atoms with van der Waals surface area (Å²) in [5.74, 6) is -1.19. The molecule has 1 aliphatic heterocycles. The van der Waals surface area contributed by atoms with E-state index < -0.39 is 11.8 Å². The number of pyridine rings is 1. The van der Waals surface area contributed by atoms with Crippen molar-refractivity contribution in [3.8, 4) is 0 Å². The Morgan fingerprint density at radius 1 is 1.25 bits per heavy atom. The molecule has 196 valence electrons. The van der Waals surface area contributed by atoms with Gasteiger partial charge >= 0.3 is 6.03 Å². The molecule has 4 amide bonds. The monoisotopic (exact) mass is 554 g/mol. The number of primary amides is 2. The third-order valence-electron chi connectivity index (χ3n) is 6.71. The maximum absolute atomic E-state index is 12.8. The van der Waals surface area contributed by atoms with E-state index in [4.69, 9.17) is 34.7 Å². The Morgan fingerprint density at radius 3 is 2.53 bits per heavy atom. The summed E-state index contributed by atoms with van der Waals surface area (Å²) in [6.07, 6.45) is 3.07. The van der Waals surface area contributed by atoms with Gasteiger partial charge in [-0.25, -0.2) is 9.78 Å². The molecule has 12 heteroatoms. The maximum Gasteiger partial charge on any atom is 0.318 e. The van der Waals surface area contributed by atoms with Crippen molar-refractivity contribution in [2.45, 2.75) is 58.2 Å². The maximum atomic E-state index is 12.8. The van der Waals surface area contributed by atoms with Crippen molar-refractivity contribution in [1.82, 2.24) is 20.1 Å². The molecule has 1 saturated heterocycles. The standard InChI is InChI=1S/C24H32Cl2N6O3S/c1-14(3-4-18-15(2)20(23(28)34)22(26)30-21(18)25)31-8-5-17(6-9-31)32(12-16-7-10-36-13-16)24(35)29-11-19(27)33/h7,10,13-14,17H,3-6,8-9,11-12H2,1-2H3,(H2,27,33)(H2,28,34)(H,29,35)/t14-/m1/s1. The quantitative estimate of drug-likeness (QED) is 0.387. The first-order valence-corrected chi connectivity index (χ1v) is 13.5. The van der Waals surface area contributed by atoms with Crippen molar-refractivity contribution >= 4 is 52.4 Å². The van der Waals surface area contributed by atoms with Crippen LogP contribution in [0.15, 0.2) is 16.8 Å². The first-order valence-electron chi connectivity index (χ1n) is 11.8. The number of hydrogen-bond acceptors (Lipinski definition) is 6. The number of hydrogen-bond donors (Lipinski definition) is 3. The highest BCUT2D eigenvalue weighted by Crippen LogP contribution is 2.29. The number of nitrogens with two attached hydrogens (primary N) is 2. The lowest BCUT2D eigenvalue weighted by molar-refractivity contribution is -0.117. The predicted octanol–water partition coefficient (Wildman–Crippen LogP) is 3.34. The number of thiophene rings is 1. The number of likely N-dealkylation sites (tertiary alicyclic amines) is 1. The van der Waals surface area contributed by atoms with Crippen LogP contribution >= 0.6 is 34.5 Å². The summed E-state index contributed by atoms with van der Waals surface area (Å²) in [6, 6.07) is 2.02. The normalized spacial score (nSPS) is 15.4. The van der Waals surface area contributed by atoms with Crippen LogP contribution in [0.4, 0.5) is 4.79 Å². The number of aromatic nitrogens is 1. The van der Waals surface area contributed by atoms with Gasteiger partial charge in [0.15, 0.2) is 0 Å². The molecule has 0 aromatic carbocycles. The molecule has 9 nitrogen and oxygen atoms in total.